The van der Waals surface area contributed by atoms with Crippen LogP contribution in [0.5, 0.6) is 0 Å². The fourth-order valence-electron chi connectivity index (χ4n) is 26.6. The summed E-state index contributed by atoms with van der Waals surface area (Å²) in [6.45, 7) is 4.73. The summed E-state index contributed by atoms with van der Waals surface area (Å²) in [6, 6.07) is 10.3. The van der Waals surface area contributed by atoms with Gasteiger partial charge in [-0.3, -0.25) is 4.90 Å². The zero-order valence-corrected chi connectivity index (χ0v) is 36.4. The van der Waals surface area contributed by atoms with E-state index in [4.69, 9.17) is 9.47 Å². The van der Waals surface area contributed by atoms with Gasteiger partial charge in [0.05, 0.1) is 25.9 Å². The molecule has 14 fully saturated rings. The summed E-state index contributed by atoms with van der Waals surface area (Å²) in [5.41, 5.74) is 9.15. The van der Waals surface area contributed by atoms with E-state index in [1.165, 1.54) is 52.8 Å². The fourth-order valence-corrected chi connectivity index (χ4v) is 28.6. The average Bonchev–Trinajstić information content (AvgIpc) is 4.09. The van der Waals surface area contributed by atoms with Crippen molar-refractivity contribution in [3.05, 3.63) is 56.8 Å². The van der Waals surface area contributed by atoms with Crippen LogP contribution in [0, 0.1) is 159 Å². The standard InChI is InChI=1S/C54H61NO2S2/c1-56-8-9-57-7-6-55-19-54-18-26-16-24-14-21-11-20-12-23-13-22-15-25-17-27(51(54)53(55)30-5-4-29(59-30)28-3-2-10-58-28)38-43-34(25)33(22)40-35(23)39-31(20)32(21)41-36(24)42-37(26)52(54)50(38)49-47(42)45(41)44(39)46(40)48(43)49/h2-5,10,20-24,26,31-33,35-37,39-53H,6-9,11-19H2,1H3. The largest absolute Gasteiger partial charge is 0.382 e. The van der Waals surface area contributed by atoms with Gasteiger partial charge >= 0.3 is 0 Å². The van der Waals surface area contributed by atoms with Crippen molar-refractivity contribution in [1.29, 1.82) is 0 Å². The Kier molecular flexibility index (Phi) is 5.59. The van der Waals surface area contributed by atoms with E-state index in [0.29, 0.717) is 18.1 Å². The van der Waals surface area contributed by atoms with Crippen LogP contribution < -0.4 is 0 Å². The molecule has 2 aromatic rings. The van der Waals surface area contributed by atoms with Gasteiger partial charge < -0.3 is 9.47 Å². The molecule has 2 aromatic heterocycles. The number of thiophene rings is 2. The molecule has 0 aromatic carbocycles. The van der Waals surface area contributed by atoms with Crippen molar-refractivity contribution in [2.45, 2.75) is 57.4 Å². The topological polar surface area (TPSA) is 21.7 Å². The van der Waals surface area contributed by atoms with Crippen LogP contribution in [0.1, 0.15) is 62.3 Å². The van der Waals surface area contributed by atoms with E-state index in [0.717, 1.165) is 150 Å². The maximum atomic E-state index is 6.44. The highest BCUT2D eigenvalue weighted by Gasteiger charge is 2.88. The quantitative estimate of drug-likeness (QED) is 0.196. The molecule has 0 radical (unpaired) electrons. The van der Waals surface area contributed by atoms with Gasteiger partial charge in [0.1, 0.15) is 0 Å². The molecule has 1 spiro atoms. The third-order valence-electron chi connectivity index (χ3n) is 25.5. The van der Waals surface area contributed by atoms with Crippen LogP contribution in [0.15, 0.2) is 51.9 Å². The van der Waals surface area contributed by atoms with Gasteiger partial charge in [-0.25, -0.2) is 0 Å². The van der Waals surface area contributed by atoms with E-state index >= 15 is 0 Å². The molecule has 0 N–H and O–H groups in total. The predicted octanol–water partition coefficient (Wildman–Crippen LogP) is 10.4. The van der Waals surface area contributed by atoms with E-state index in [-0.39, 0.29) is 0 Å². The molecule has 28 unspecified atom stereocenters. The molecule has 3 nitrogen and oxygen atoms in total. The van der Waals surface area contributed by atoms with Crippen LogP contribution in [0.4, 0.5) is 0 Å². The second-order valence-corrected chi connectivity index (χ2v) is 27.6. The first kappa shape index (κ1) is 32.4. The van der Waals surface area contributed by atoms with Gasteiger partial charge in [-0.05, 0) is 222 Å². The van der Waals surface area contributed by atoms with E-state index in [1.54, 1.807) is 43.4 Å². The van der Waals surface area contributed by atoms with Crippen LogP contribution in [0.25, 0.3) is 9.75 Å². The highest BCUT2D eigenvalue weighted by atomic mass is 32.1. The summed E-state index contributed by atoms with van der Waals surface area (Å²) in [5, 5.41) is 2.29. The number of hydrogen-bond acceptors (Lipinski definition) is 5. The molecule has 17 aliphatic rings. The average molecular weight is 820 g/mol. The lowest BCUT2D eigenvalue weighted by molar-refractivity contribution is -0.146. The summed E-state index contributed by atoms with van der Waals surface area (Å²) >= 11 is 4.13. The zero-order valence-electron chi connectivity index (χ0n) is 34.7. The minimum absolute atomic E-state index is 0.465. The molecular formula is C54H61NO2S2. The molecule has 306 valence electrons. The van der Waals surface area contributed by atoms with Gasteiger partial charge in [0, 0.05) is 46.7 Å². The predicted molar refractivity (Wildman–Crippen MR) is 229 cm³/mol. The number of methoxy groups -OCH3 is 1. The number of hydrogen-bond donors (Lipinski definition) is 0. The van der Waals surface area contributed by atoms with Crippen LogP contribution in [-0.4, -0.2) is 44.9 Å². The molecule has 1 saturated heterocycles. The number of likely N-dealkylation sites (tertiary alicyclic amines) is 1. The SMILES string of the molecule is COCCOCCN1CC23CC4CC5CC6CC7CC8CC9CC%10=C%11C%12C(=C(C%10)C2C1c1ccc(-c2cccs2)s1)C1C2C%12C%10C(C%119)C8C8C7C6C6C5C(C2C6C8%10)C4C13. The molecule has 0 amide bonds. The Labute approximate surface area is 358 Å². The summed E-state index contributed by atoms with van der Waals surface area (Å²) in [7, 11) is 1.82. The van der Waals surface area contributed by atoms with Crippen LogP contribution in [0.2, 0.25) is 0 Å². The van der Waals surface area contributed by atoms with E-state index < -0.39 is 0 Å². The molecule has 5 heteroatoms. The number of allylic oxidation sites excluding steroid dienone is 3. The van der Waals surface area contributed by atoms with Crippen molar-refractivity contribution < 1.29 is 9.47 Å². The summed E-state index contributed by atoms with van der Waals surface area (Å²) in [6.07, 6.45) is 12.9. The Bertz CT molecular complexity index is 2360. The van der Waals surface area contributed by atoms with E-state index in [2.05, 4.69) is 68.2 Å². The Morgan fingerprint density at radius 2 is 1.36 bits per heavy atom. The smallest absolute Gasteiger partial charge is 0.0700 e. The van der Waals surface area contributed by atoms with Gasteiger partial charge in [0.25, 0.3) is 0 Å². The third-order valence-corrected chi connectivity index (χ3v) is 27.7. The first-order chi connectivity index (χ1) is 29.2. The molecule has 16 aliphatic carbocycles. The van der Waals surface area contributed by atoms with Crippen molar-refractivity contribution >= 4 is 22.7 Å². The number of rotatable bonds is 8. The Morgan fingerprint density at radius 1 is 0.661 bits per heavy atom. The second kappa shape index (κ2) is 10.2. The molecule has 28 atom stereocenters. The number of ether oxygens (including phenoxy) is 2. The highest BCUT2D eigenvalue weighted by Crippen LogP contribution is 2.93. The number of fused-ring (bicyclic) bond motifs is 1. The number of nitrogens with zero attached hydrogens (tertiary/aromatic N) is 1. The maximum Gasteiger partial charge on any atom is 0.0700 e. The Balaban J connectivity index is 0.870. The molecule has 19 rings (SSSR count). The Morgan fingerprint density at radius 3 is 2.15 bits per heavy atom. The Hall–Kier alpha value is -1.24. The first-order valence-electron chi connectivity index (χ1n) is 25.6. The van der Waals surface area contributed by atoms with Crippen molar-refractivity contribution in [2.75, 3.05) is 40.0 Å². The normalized spacial score (nSPS) is 62.8. The molecule has 0 bridgehead atoms. The summed E-state index contributed by atoms with van der Waals surface area (Å²) in [4.78, 5) is 7.79. The maximum absolute atomic E-state index is 6.44. The van der Waals surface area contributed by atoms with Gasteiger partial charge in [-0.1, -0.05) is 28.4 Å². The molecule has 13 saturated carbocycles. The van der Waals surface area contributed by atoms with Crippen molar-refractivity contribution in [1.82, 2.24) is 4.90 Å². The summed E-state index contributed by atoms with van der Waals surface area (Å²) in [5.74, 6) is 28.0. The molecule has 59 heavy (non-hydrogen) atoms. The minimum Gasteiger partial charge on any atom is -0.382 e. The fraction of sp³-hybridized carbons (Fsp3) is 0.778. The lowest BCUT2D eigenvalue weighted by Crippen LogP contribution is -2.59. The van der Waals surface area contributed by atoms with Crippen molar-refractivity contribution in [3.63, 3.8) is 0 Å². The third kappa shape index (κ3) is 3.17. The summed E-state index contributed by atoms with van der Waals surface area (Å²) < 4.78 is 11.9. The lowest BCUT2D eigenvalue weighted by Gasteiger charge is -2.62. The lowest BCUT2D eigenvalue weighted by atomic mass is 9.42. The second-order valence-electron chi connectivity index (χ2n) is 25.5. The van der Waals surface area contributed by atoms with Crippen LogP contribution >= 0.6 is 22.7 Å². The first-order valence-corrected chi connectivity index (χ1v) is 27.3. The molecular weight excluding hydrogens is 759 g/mol. The van der Waals surface area contributed by atoms with Crippen LogP contribution in [0.3, 0.4) is 0 Å². The minimum atomic E-state index is 0.465. The van der Waals surface area contributed by atoms with E-state index in [9.17, 15) is 0 Å². The molecule has 3 heterocycles. The van der Waals surface area contributed by atoms with Gasteiger partial charge in [0.15, 0.2) is 0 Å². The van der Waals surface area contributed by atoms with Crippen molar-refractivity contribution in [3.8, 4) is 9.75 Å². The van der Waals surface area contributed by atoms with E-state index in [1.807, 2.05) is 18.4 Å². The van der Waals surface area contributed by atoms with Crippen LogP contribution in [-0.2, 0) is 9.47 Å². The van der Waals surface area contributed by atoms with Gasteiger partial charge in [-0.15, -0.1) is 22.7 Å². The van der Waals surface area contributed by atoms with Gasteiger partial charge in [0.2, 0.25) is 0 Å². The zero-order chi connectivity index (χ0) is 37.3. The molecule has 1 aliphatic heterocycles. The van der Waals surface area contributed by atoms with Gasteiger partial charge in [-0.2, -0.15) is 0 Å². The van der Waals surface area contributed by atoms with Crippen molar-refractivity contribution in [2.24, 2.45) is 159 Å². The monoisotopic (exact) mass is 819 g/mol. The highest BCUT2D eigenvalue weighted by molar-refractivity contribution is 7.21.